The maximum Gasteiger partial charge on any atom is 0.338 e. The number of thioether (sulfide) groups is 1. The van der Waals surface area contributed by atoms with Crippen LogP contribution in [0, 0.1) is 5.92 Å². The lowest BCUT2D eigenvalue weighted by molar-refractivity contribution is 0.0694. The number of carboxylic acids is 1. The first-order chi connectivity index (χ1) is 8.22. The number of aromatic carboxylic acids is 1. The highest BCUT2D eigenvalue weighted by Gasteiger charge is 2.21. The number of benzene rings is 1. The topological polar surface area (TPSA) is 49.3 Å². The van der Waals surface area contributed by atoms with E-state index in [1.165, 1.54) is 24.6 Å². The highest BCUT2D eigenvalue weighted by Crippen LogP contribution is 2.32. The Morgan fingerprint density at radius 2 is 2.29 bits per heavy atom. The molecule has 1 fully saturated rings. The normalized spacial score (nSPS) is 14.6. The van der Waals surface area contributed by atoms with Crippen molar-refractivity contribution >= 4 is 23.4 Å². The van der Waals surface area contributed by atoms with Crippen LogP contribution in [-0.4, -0.2) is 23.9 Å². The quantitative estimate of drug-likeness (QED) is 0.761. The molecule has 0 aromatic heterocycles. The Morgan fingerprint density at radius 1 is 1.53 bits per heavy atom. The van der Waals surface area contributed by atoms with Crippen molar-refractivity contribution in [1.29, 1.82) is 0 Å². The Kier molecular flexibility index (Phi) is 3.94. The van der Waals surface area contributed by atoms with Crippen LogP contribution < -0.4 is 5.32 Å². The van der Waals surface area contributed by atoms with Gasteiger partial charge in [0.15, 0.2) is 0 Å². The second-order valence-corrected chi connectivity index (χ2v) is 5.19. The molecule has 17 heavy (non-hydrogen) atoms. The average molecular weight is 251 g/mol. The first-order valence-electron chi connectivity index (χ1n) is 5.86. The lowest BCUT2D eigenvalue weighted by Gasteiger charge is -2.12. The van der Waals surface area contributed by atoms with E-state index in [0.29, 0.717) is 5.56 Å². The Hall–Kier alpha value is -1.16. The second kappa shape index (κ2) is 5.45. The summed E-state index contributed by atoms with van der Waals surface area (Å²) in [5, 5.41) is 12.5. The van der Waals surface area contributed by atoms with Crippen molar-refractivity contribution in [1.82, 2.24) is 0 Å². The van der Waals surface area contributed by atoms with Crippen molar-refractivity contribution in [3.05, 3.63) is 23.8 Å². The third-order valence-corrected chi connectivity index (χ3v) is 3.81. The van der Waals surface area contributed by atoms with Gasteiger partial charge in [-0.3, -0.25) is 0 Å². The van der Waals surface area contributed by atoms with Gasteiger partial charge in [-0.15, -0.1) is 11.8 Å². The third kappa shape index (κ3) is 3.16. The molecule has 1 aromatic rings. The van der Waals surface area contributed by atoms with Crippen molar-refractivity contribution < 1.29 is 9.90 Å². The van der Waals surface area contributed by atoms with E-state index in [1.807, 2.05) is 24.5 Å². The van der Waals surface area contributed by atoms with Gasteiger partial charge in [0.05, 0.1) is 5.56 Å². The summed E-state index contributed by atoms with van der Waals surface area (Å²) >= 11 is 1.47. The van der Waals surface area contributed by atoms with Crippen LogP contribution in [0.3, 0.4) is 0 Å². The summed E-state index contributed by atoms with van der Waals surface area (Å²) in [5.74, 6) is 0.00313. The molecule has 3 nitrogen and oxygen atoms in total. The molecule has 0 bridgehead atoms. The molecule has 0 aliphatic heterocycles. The van der Waals surface area contributed by atoms with Gasteiger partial charge >= 0.3 is 5.97 Å². The predicted molar refractivity (Wildman–Crippen MR) is 71.0 cm³/mol. The fourth-order valence-electron chi connectivity index (χ4n) is 1.89. The summed E-state index contributed by atoms with van der Waals surface area (Å²) in [6.07, 6.45) is 5.70. The summed E-state index contributed by atoms with van der Waals surface area (Å²) in [7, 11) is 0. The Bertz CT molecular complexity index is 416. The molecule has 0 radical (unpaired) electrons. The molecule has 0 saturated heterocycles. The second-order valence-electron chi connectivity index (χ2n) is 4.35. The highest BCUT2D eigenvalue weighted by atomic mass is 32.2. The Labute approximate surface area is 106 Å². The molecule has 0 spiro atoms. The van der Waals surface area contributed by atoms with Gasteiger partial charge < -0.3 is 10.4 Å². The first kappa shape index (κ1) is 12.3. The van der Waals surface area contributed by atoms with Crippen LogP contribution in [-0.2, 0) is 0 Å². The van der Waals surface area contributed by atoms with Gasteiger partial charge in [-0.25, -0.2) is 4.79 Å². The van der Waals surface area contributed by atoms with Gasteiger partial charge in [-0.2, -0.15) is 0 Å². The van der Waals surface area contributed by atoms with Gasteiger partial charge in [0.25, 0.3) is 0 Å². The highest BCUT2D eigenvalue weighted by molar-refractivity contribution is 7.98. The van der Waals surface area contributed by atoms with E-state index in [9.17, 15) is 9.90 Å². The van der Waals surface area contributed by atoms with Gasteiger partial charge in [-0.05, 0) is 30.7 Å². The van der Waals surface area contributed by atoms with Crippen molar-refractivity contribution in [2.75, 3.05) is 18.1 Å². The number of carboxylic acid groups (broad SMARTS) is 1. The van der Waals surface area contributed by atoms with E-state index in [4.69, 9.17) is 0 Å². The Morgan fingerprint density at radius 3 is 2.88 bits per heavy atom. The zero-order valence-electron chi connectivity index (χ0n) is 9.90. The molecule has 2 rings (SSSR count). The van der Waals surface area contributed by atoms with Crippen LogP contribution >= 0.6 is 11.8 Å². The van der Waals surface area contributed by atoms with Crippen molar-refractivity contribution in [2.45, 2.75) is 24.2 Å². The zero-order chi connectivity index (χ0) is 12.3. The fourth-order valence-corrected chi connectivity index (χ4v) is 2.50. The van der Waals surface area contributed by atoms with Gasteiger partial charge in [-0.1, -0.05) is 18.9 Å². The van der Waals surface area contributed by atoms with E-state index in [2.05, 4.69) is 5.32 Å². The average Bonchev–Trinajstić information content (AvgIpc) is 3.12. The minimum Gasteiger partial charge on any atom is -0.478 e. The monoisotopic (exact) mass is 251 g/mol. The standard InChI is InChI=1S/C13H17NO2S/c1-17-11-4-2-3-10(12(11)13(15)16)14-8-7-9-5-6-9/h2-4,9,14H,5-8H2,1H3,(H,15,16). The molecule has 1 aromatic carbocycles. The summed E-state index contributed by atoms with van der Waals surface area (Å²) in [6, 6.07) is 5.59. The van der Waals surface area contributed by atoms with Crippen LogP contribution in [0.4, 0.5) is 5.69 Å². The lowest BCUT2D eigenvalue weighted by atomic mass is 10.1. The fraction of sp³-hybridized carbons (Fsp3) is 0.462. The van der Waals surface area contributed by atoms with E-state index < -0.39 is 5.97 Å². The van der Waals surface area contributed by atoms with Crippen LogP contribution in [0.15, 0.2) is 23.1 Å². The number of hydrogen-bond acceptors (Lipinski definition) is 3. The maximum absolute atomic E-state index is 11.3. The number of anilines is 1. The summed E-state index contributed by atoms with van der Waals surface area (Å²) in [4.78, 5) is 12.1. The Balaban J connectivity index is 2.09. The van der Waals surface area contributed by atoms with Crippen molar-refractivity contribution in [2.24, 2.45) is 5.92 Å². The molecule has 0 amide bonds. The molecule has 1 aliphatic rings. The summed E-state index contributed by atoms with van der Waals surface area (Å²) < 4.78 is 0. The lowest BCUT2D eigenvalue weighted by Crippen LogP contribution is -2.09. The summed E-state index contributed by atoms with van der Waals surface area (Å²) in [5.41, 5.74) is 1.14. The number of carbonyl (C=O) groups is 1. The van der Waals surface area contributed by atoms with E-state index in [1.54, 1.807) is 0 Å². The van der Waals surface area contributed by atoms with E-state index in [0.717, 1.165) is 29.5 Å². The van der Waals surface area contributed by atoms with Crippen LogP contribution in [0.25, 0.3) is 0 Å². The predicted octanol–water partition coefficient (Wildman–Crippen LogP) is 3.32. The largest absolute Gasteiger partial charge is 0.478 e. The van der Waals surface area contributed by atoms with Crippen LogP contribution in [0.1, 0.15) is 29.6 Å². The van der Waals surface area contributed by atoms with Crippen molar-refractivity contribution in [3.63, 3.8) is 0 Å². The van der Waals surface area contributed by atoms with Crippen LogP contribution in [0.2, 0.25) is 0 Å². The van der Waals surface area contributed by atoms with Gasteiger partial charge in [0, 0.05) is 17.1 Å². The first-order valence-corrected chi connectivity index (χ1v) is 7.09. The molecule has 1 aliphatic carbocycles. The molecular formula is C13H17NO2S. The number of hydrogen-bond donors (Lipinski definition) is 2. The van der Waals surface area contributed by atoms with Crippen molar-refractivity contribution in [3.8, 4) is 0 Å². The zero-order valence-corrected chi connectivity index (χ0v) is 10.7. The molecular weight excluding hydrogens is 234 g/mol. The third-order valence-electron chi connectivity index (χ3n) is 3.02. The van der Waals surface area contributed by atoms with E-state index >= 15 is 0 Å². The van der Waals surface area contributed by atoms with E-state index in [-0.39, 0.29) is 0 Å². The molecule has 92 valence electrons. The molecule has 0 atom stereocenters. The molecule has 2 N–H and O–H groups in total. The minimum absolute atomic E-state index is 0.399. The maximum atomic E-state index is 11.3. The molecule has 4 heteroatoms. The number of rotatable bonds is 6. The van der Waals surface area contributed by atoms with Gasteiger partial charge in [0.1, 0.15) is 0 Å². The molecule has 0 unspecified atom stereocenters. The van der Waals surface area contributed by atoms with Crippen LogP contribution in [0.5, 0.6) is 0 Å². The van der Waals surface area contributed by atoms with Gasteiger partial charge in [0.2, 0.25) is 0 Å². The molecule has 0 heterocycles. The number of nitrogens with one attached hydrogen (secondary N) is 1. The summed E-state index contributed by atoms with van der Waals surface area (Å²) in [6.45, 7) is 0.864. The minimum atomic E-state index is -0.858. The molecule has 1 saturated carbocycles. The SMILES string of the molecule is CSc1cccc(NCCC2CC2)c1C(=O)O. The smallest absolute Gasteiger partial charge is 0.338 e.